The van der Waals surface area contributed by atoms with Crippen LogP contribution in [0.25, 0.3) is 0 Å². The van der Waals surface area contributed by atoms with Gasteiger partial charge in [0.1, 0.15) is 5.75 Å². The number of rotatable bonds is 3. The quantitative estimate of drug-likeness (QED) is 0.638. The first-order chi connectivity index (χ1) is 8.56. The van der Waals surface area contributed by atoms with Crippen LogP contribution in [0.4, 0.5) is 5.69 Å². The van der Waals surface area contributed by atoms with Crippen molar-refractivity contribution in [3.05, 3.63) is 56.7 Å². The highest BCUT2D eigenvalue weighted by atomic mass is 79.9. The summed E-state index contributed by atoms with van der Waals surface area (Å²) in [4.78, 5) is 14.3. The first-order valence-electron chi connectivity index (χ1n) is 5.11. The number of non-ortho nitro benzene ring substituents is 1. The van der Waals surface area contributed by atoms with E-state index < -0.39 is 4.92 Å². The molecule has 0 unspecified atom stereocenters. The van der Waals surface area contributed by atoms with Gasteiger partial charge >= 0.3 is 0 Å². The molecule has 0 radical (unpaired) electrons. The highest BCUT2D eigenvalue weighted by molar-refractivity contribution is 9.10. The van der Waals surface area contributed by atoms with Crippen molar-refractivity contribution in [1.82, 2.24) is 4.98 Å². The van der Waals surface area contributed by atoms with E-state index in [1.807, 2.05) is 13.0 Å². The number of nitrogens with zero attached hydrogens (tertiary/aromatic N) is 2. The Kier molecular flexibility index (Phi) is 3.57. The summed E-state index contributed by atoms with van der Waals surface area (Å²) in [6.45, 7) is 1.91. The molecule has 92 valence electrons. The molecule has 2 rings (SSSR count). The van der Waals surface area contributed by atoms with Crippen LogP contribution in [0, 0.1) is 17.0 Å². The Morgan fingerprint density at radius 2 is 2.17 bits per heavy atom. The molecule has 0 atom stereocenters. The number of hydrogen-bond donors (Lipinski definition) is 0. The molecular weight excluding hydrogens is 300 g/mol. The second-order valence-electron chi connectivity index (χ2n) is 3.66. The van der Waals surface area contributed by atoms with Gasteiger partial charge in [-0.2, -0.15) is 0 Å². The zero-order valence-corrected chi connectivity index (χ0v) is 11.0. The summed E-state index contributed by atoms with van der Waals surface area (Å²) >= 11 is 3.33. The van der Waals surface area contributed by atoms with Crippen molar-refractivity contribution in [2.45, 2.75) is 6.92 Å². The third-order valence-electron chi connectivity index (χ3n) is 2.19. The van der Waals surface area contributed by atoms with E-state index in [2.05, 4.69) is 20.9 Å². The van der Waals surface area contributed by atoms with E-state index in [4.69, 9.17) is 4.74 Å². The number of pyridine rings is 1. The molecule has 0 aliphatic rings. The minimum atomic E-state index is -0.468. The highest BCUT2D eigenvalue weighted by Gasteiger charge is 2.09. The highest BCUT2D eigenvalue weighted by Crippen LogP contribution is 2.29. The van der Waals surface area contributed by atoms with Crippen LogP contribution in [0.1, 0.15) is 5.56 Å². The molecular formula is C12H9BrN2O3. The molecule has 0 aliphatic heterocycles. The number of ether oxygens (including phenoxy) is 1. The Labute approximate surface area is 112 Å². The van der Waals surface area contributed by atoms with Crippen LogP contribution in [-0.2, 0) is 0 Å². The van der Waals surface area contributed by atoms with Gasteiger partial charge in [0.2, 0.25) is 5.88 Å². The zero-order valence-electron chi connectivity index (χ0n) is 9.46. The van der Waals surface area contributed by atoms with Gasteiger partial charge in [-0.25, -0.2) is 4.98 Å². The van der Waals surface area contributed by atoms with Crippen LogP contribution in [0.15, 0.2) is 41.0 Å². The van der Waals surface area contributed by atoms with Crippen molar-refractivity contribution >= 4 is 21.6 Å². The van der Waals surface area contributed by atoms with Crippen molar-refractivity contribution in [3.8, 4) is 11.6 Å². The van der Waals surface area contributed by atoms with E-state index in [0.29, 0.717) is 16.1 Å². The minimum Gasteiger partial charge on any atom is -0.438 e. The largest absolute Gasteiger partial charge is 0.438 e. The molecule has 0 aliphatic carbocycles. The molecule has 1 heterocycles. The number of halogens is 1. The molecule has 6 heteroatoms. The van der Waals surface area contributed by atoms with Gasteiger partial charge in [0.25, 0.3) is 5.69 Å². The summed E-state index contributed by atoms with van der Waals surface area (Å²) in [6, 6.07) is 7.83. The predicted octanol–water partition coefficient (Wildman–Crippen LogP) is 3.85. The standard InChI is InChI=1S/C12H9BrN2O3/c1-8-5-11(13)12(14-7-8)18-10-4-2-3-9(6-10)15(16)17/h2-7H,1H3. The lowest BCUT2D eigenvalue weighted by molar-refractivity contribution is -0.384. The summed E-state index contributed by atoms with van der Waals surface area (Å²) in [5.41, 5.74) is 0.976. The van der Waals surface area contributed by atoms with Crippen LogP contribution in [0.3, 0.4) is 0 Å². The van der Waals surface area contributed by atoms with Crippen LogP contribution in [0.5, 0.6) is 11.6 Å². The lowest BCUT2D eigenvalue weighted by Crippen LogP contribution is -1.92. The van der Waals surface area contributed by atoms with E-state index >= 15 is 0 Å². The van der Waals surface area contributed by atoms with Gasteiger partial charge in [-0.3, -0.25) is 10.1 Å². The number of nitro groups is 1. The van der Waals surface area contributed by atoms with Gasteiger partial charge in [-0.1, -0.05) is 6.07 Å². The summed E-state index contributed by atoms with van der Waals surface area (Å²) in [5, 5.41) is 10.6. The second-order valence-corrected chi connectivity index (χ2v) is 4.51. The first-order valence-corrected chi connectivity index (χ1v) is 5.90. The average Bonchev–Trinajstić information content (AvgIpc) is 2.33. The lowest BCUT2D eigenvalue weighted by atomic mass is 10.3. The molecule has 0 spiro atoms. The van der Waals surface area contributed by atoms with Gasteiger partial charge in [0.15, 0.2) is 0 Å². The molecule has 18 heavy (non-hydrogen) atoms. The summed E-state index contributed by atoms with van der Waals surface area (Å²) < 4.78 is 6.20. The van der Waals surface area contributed by atoms with E-state index in [9.17, 15) is 10.1 Å². The molecule has 0 bridgehead atoms. The first kappa shape index (κ1) is 12.5. The van der Waals surface area contributed by atoms with Gasteiger partial charge in [-0.15, -0.1) is 0 Å². The third kappa shape index (κ3) is 2.84. The van der Waals surface area contributed by atoms with E-state index in [1.165, 1.54) is 12.1 Å². The van der Waals surface area contributed by atoms with E-state index in [-0.39, 0.29) is 5.69 Å². The maximum Gasteiger partial charge on any atom is 0.273 e. The van der Waals surface area contributed by atoms with Crippen LogP contribution < -0.4 is 4.74 Å². The molecule has 0 saturated heterocycles. The summed E-state index contributed by atoms with van der Waals surface area (Å²) in [5.74, 6) is 0.752. The molecule has 1 aromatic heterocycles. The fraction of sp³-hybridized carbons (Fsp3) is 0.0833. The topological polar surface area (TPSA) is 65.3 Å². The lowest BCUT2D eigenvalue weighted by Gasteiger charge is -2.06. The number of benzene rings is 1. The Hall–Kier alpha value is -1.95. The fourth-order valence-electron chi connectivity index (χ4n) is 1.37. The molecule has 0 saturated carbocycles. The van der Waals surface area contributed by atoms with E-state index in [0.717, 1.165) is 5.56 Å². The smallest absolute Gasteiger partial charge is 0.273 e. The second kappa shape index (κ2) is 5.14. The van der Waals surface area contributed by atoms with Gasteiger partial charge in [-0.05, 0) is 40.5 Å². The normalized spacial score (nSPS) is 10.1. The molecule has 2 aromatic rings. The maximum atomic E-state index is 10.6. The SMILES string of the molecule is Cc1cnc(Oc2cccc([N+](=O)[O-])c2)c(Br)c1. The number of aromatic nitrogens is 1. The number of hydrogen-bond acceptors (Lipinski definition) is 4. The monoisotopic (exact) mass is 308 g/mol. The van der Waals surface area contributed by atoms with Crippen molar-refractivity contribution in [3.63, 3.8) is 0 Å². The summed E-state index contributed by atoms with van der Waals surface area (Å²) in [6.07, 6.45) is 1.66. The van der Waals surface area contributed by atoms with Crippen molar-refractivity contribution in [1.29, 1.82) is 0 Å². The van der Waals surface area contributed by atoms with Crippen LogP contribution in [-0.4, -0.2) is 9.91 Å². The predicted molar refractivity (Wildman–Crippen MR) is 69.8 cm³/mol. The molecule has 1 aromatic carbocycles. The van der Waals surface area contributed by atoms with Gasteiger partial charge in [0.05, 0.1) is 15.5 Å². The van der Waals surface area contributed by atoms with Crippen LogP contribution in [0.2, 0.25) is 0 Å². The Morgan fingerprint density at radius 1 is 1.39 bits per heavy atom. The molecule has 0 N–H and O–H groups in total. The number of nitro benzene ring substituents is 1. The molecule has 5 nitrogen and oxygen atoms in total. The minimum absolute atomic E-state index is 0.0178. The van der Waals surface area contributed by atoms with Gasteiger partial charge in [0, 0.05) is 12.3 Å². The maximum absolute atomic E-state index is 10.6. The molecule has 0 fully saturated rings. The van der Waals surface area contributed by atoms with E-state index in [1.54, 1.807) is 18.3 Å². The van der Waals surface area contributed by atoms with Crippen molar-refractivity contribution in [2.75, 3.05) is 0 Å². The Bertz CT molecular complexity index is 602. The van der Waals surface area contributed by atoms with Crippen molar-refractivity contribution < 1.29 is 9.66 Å². The van der Waals surface area contributed by atoms with Crippen molar-refractivity contribution in [2.24, 2.45) is 0 Å². The zero-order chi connectivity index (χ0) is 13.1. The molecule has 0 amide bonds. The average molecular weight is 309 g/mol. The fourth-order valence-corrected chi connectivity index (χ4v) is 1.91. The summed E-state index contributed by atoms with van der Waals surface area (Å²) in [7, 11) is 0. The Morgan fingerprint density at radius 3 is 2.83 bits per heavy atom. The Balaban J connectivity index is 2.28. The third-order valence-corrected chi connectivity index (χ3v) is 2.76. The number of aryl methyl sites for hydroxylation is 1. The van der Waals surface area contributed by atoms with Crippen LogP contribution >= 0.6 is 15.9 Å². The van der Waals surface area contributed by atoms with Gasteiger partial charge < -0.3 is 4.74 Å².